The van der Waals surface area contributed by atoms with Crippen LogP contribution in [-0.4, -0.2) is 23.6 Å². The number of hydrogen-bond acceptors (Lipinski definition) is 5. The van der Waals surface area contributed by atoms with Gasteiger partial charge in [-0.2, -0.15) is 0 Å². The van der Waals surface area contributed by atoms with Crippen LogP contribution in [0.25, 0.3) is 6.08 Å². The number of nitrogens with zero attached hydrogens (tertiary/aromatic N) is 1. The zero-order chi connectivity index (χ0) is 20.7. The topological polar surface area (TPSA) is 67.9 Å². The van der Waals surface area contributed by atoms with E-state index in [0.29, 0.717) is 5.56 Å². The summed E-state index contributed by atoms with van der Waals surface area (Å²) in [6.45, 7) is -0.325. The van der Waals surface area contributed by atoms with Crippen molar-refractivity contribution in [2.45, 2.75) is 6.54 Å². The SMILES string of the molecule is O=C1NC(=S)O/C1=C\c1cc(F)c2c(c1)N(Cc1ccc(F)c(Cl)c1)C(=O)CO2. The van der Waals surface area contributed by atoms with E-state index in [1.807, 2.05) is 0 Å². The van der Waals surface area contributed by atoms with Crippen LogP contribution in [0.15, 0.2) is 36.1 Å². The van der Waals surface area contributed by atoms with E-state index in [0.717, 1.165) is 6.07 Å². The van der Waals surface area contributed by atoms with E-state index in [4.69, 9.17) is 33.3 Å². The minimum atomic E-state index is -0.718. The number of benzene rings is 2. The molecule has 0 atom stereocenters. The van der Waals surface area contributed by atoms with Gasteiger partial charge in [0.05, 0.1) is 17.3 Å². The second-order valence-electron chi connectivity index (χ2n) is 6.22. The highest BCUT2D eigenvalue weighted by molar-refractivity contribution is 7.80. The molecule has 0 aliphatic carbocycles. The molecule has 148 valence electrons. The zero-order valence-corrected chi connectivity index (χ0v) is 16.1. The predicted molar refractivity (Wildman–Crippen MR) is 104 cm³/mol. The molecular weight excluding hydrogens is 426 g/mol. The first kappa shape index (κ1) is 19.3. The molecule has 2 aliphatic rings. The Bertz CT molecular complexity index is 1110. The second-order valence-corrected chi connectivity index (χ2v) is 7.00. The van der Waals surface area contributed by atoms with Crippen molar-refractivity contribution in [1.29, 1.82) is 0 Å². The number of nitrogens with one attached hydrogen (secondary N) is 1. The zero-order valence-electron chi connectivity index (χ0n) is 14.5. The van der Waals surface area contributed by atoms with Crippen LogP contribution in [0.2, 0.25) is 5.02 Å². The van der Waals surface area contributed by atoms with Gasteiger partial charge >= 0.3 is 0 Å². The summed E-state index contributed by atoms with van der Waals surface area (Å²) in [4.78, 5) is 25.5. The Morgan fingerprint density at radius 1 is 1.21 bits per heavy atom. The predicted octanol–water partition coefficient (Wildman–Crippen LogP) is 3.32. The smallest absolute Gasteiger partial charge is 0.294 e. The normalized spacial score (nSPS) is 17.1. The number of fused-ring (bicyclic) bond motifs is 1. The van der Waals surface area contributed by atoms with E-state index in [9.17, 15) is 18.4 Å². The van der Waals surface area contributed by atoms with Gasteiger partial charge in [0.2, 0.25) is 0 Å². The molecule has 2 aliphatic heterocycles. The Hall–Kier alpha value is -3.04. The molecule has 29 heavy (non-hydrogen) atoms. The van der Waals surface area contributed by atoms with Gasteiger partial charge in [-0.3, -0.25) is 14.9 Å². The van der Waals surface area contributed by atoms with E-state index in [1.54, 1.807) is 0 Å². The lowest BCUT2D eigenvalue weighted by atomic mass is 10.1. The highest BCUT2D eigenvalue weighted by Crippen LogP contribution is 2.37. The Kier molecular flexibility index (Phi) is 4.93. The van der Waals surface area contributed by atoms with Gasteiger partial charge in [-0.25, -0.2) is 8.78 Å². The van der Waals surface area contributed by atoms with Crippen LogP contribution >= 0.6 is 23.8 Å². The van der Waals surface area contributed by atoms with Crippen LogP contribution < -0.4 is 15.0 Å². The number of carbonyl (C=O) groups excluding carboxylic acids is 2. The molecule has 2 aromatic rings. The lowest BCUT2D eigenvalue weighted by molar-refractivity contribution is -0.121. The first-order valence-electron chi connectivity index (χ1n) is 8.27. The fourth-order valence-corrected chi connectivity index (χ4v) is 3.32. The monoisotopic (exact) mass is 436 g/mol. The van der Waals surface area contributed by atoms with Crippen molar-refractivity contribution in [2.24, 2.45) is 0 Å². The molecule has 0 radical (unpaired) electrons. The average Bonchev–Trinajstić information content (AvgIpc) is 2.97. The standard InChI is InChI=1S/C19H11ClF2N2O4S/c20-11-3-9(1-2-12(11)21)7-24-14-5-10(6-15-18(26)23-19(29)28-15)4-13(22)17(14)27-8-16(24)25/h1-6H,7-8H2,(H,23,26,29)/b15-6-. The summed E-state index contributed by atoms with van der Waals surface area (Å²) in [6, 6.07) is 6.67. The summed E-state index contributed by atoms with van der Waals surface area (Å²) in [5, 5.41) is 2.11. The number of anilines is 1. The van der Waals surface area contributed by atoms with Gasteiger partial charge in [-0.05, 0) is 53.7 Å². The van der Waals surface area contributed by atoms with Crippen molar-refractivity contribution in [3.63, 3.8) is 0 Å². The summed E-state index contributed by atoms with van der Waals surface area (Å²) in [7, 11) is 0. The van der Waals surface area contributed by atoms with E-state index < -0.39 is 23.4 Å². The number of thiocarbonyl (C=S) groups is 1. The maximum atomic E-state index is 14.6. The van der Waals surface area contributed by atoms with Gasteiger partial charge in [0, 0.05) is 0 Å². The summed E-state index contributed by atoms with van der Waals surface area (Å²) in [5.41, 5.74) is 0.969. The molecule has 1 N–H and O–H groups in total. The Morgan fingerprint density at radius 3 is 2.69 bits per heavy atom. The average molecular weight is 437 g/mol. The molecule has 2 heterocycles. The molecule has 0 saturated carbocycles. The fourth-order valence-electron chi connectivity index (χ4n) is 2.94. The number of carbonyl (C=O) groups is 2. The molecule has 2 aromatic carbocycles. The molecule has 10 heteroatoms. The summed E-state index contributed by atoms with van der Waals surface area (Å²) in [5.74, 6) is -2.49. The second kappa shape index (κ2) is 7.41. The molecule has 6 nitrogen and oxygen atoms in total. The van der Waals surface area contributed by atoms with Gasteiger partial charge in [0.15, 0.2) is 23.9 Å². The molecule has 1 fully saturated rings. The third-order valence-electron chi connectivity index (χ3n) is 4.24. The third kappa shape index (κ3) is 3.79. The molecule has 2 amide bonds. The Balaban J connectivity index is 1.73. The summed E-state index contributed by atoms with van der Waals surface area (Å²) < 4.78 is 38.3. The van der Waals surface area contributed by atoms with Crippen LogP contribution in [0.5, 0.6) is 5.75 Å². The Morgan fingerprint density at radius 2 is 2.00 bits per heavy atom. The number of amides is 2. The van der Waals surface area contributed by atoms with Crippen LogP contribution in [-0.2, 0) is 20.9 Å². The van der Waals surface area contributed by atoms with Crippen LogP contribution in [0.4, 0.5) is 14.5 Å². The van der Waals surface area contributed by atoms with Crippen LogP contribution in [0.1, 0.15) is 11.1 Å². The van der Waals surface area contributed by atoms with Gasteiger partial charge in [-0.15, -0.1) is 0 Å². The van der Waals surface area contributed by atoms with Gasteiger partial charge in [0.25, 0.3) is 17.0 Å². The number of halogens is 3. The van der Waals surface area contributed by atoms with E-state index in [-0.39, 0.29) is 46.1 Å². The molecule has 0 bridgehead atoms. The lowest BCUT2D eigenvalue weighted by Crippen LogP contribution is -2.38. The molecule has 0 spiro atoms. The maximum Gasteiger partial charge on any atom is 0.294 e. The van der Waals surface area contributed by atoms with Gasteiger partial charge < -0.3 is 14.4 Å². The first-order valence-corrected chi connectivity index (χ1v) is 9.06. The third-order valence-corrected chi connectivity index (χ3v) is 4.72. The van der Waals surface area contributed by atoms with Gasteiger partial charge in [-0.1, -0.05) is 17.7 Å². The first-order chi connectivity index (χ1) is 13.8. The molecular formula is C19H11ClF2N2O4S. The fraction of sp³-hybridized carbons (Fsp3) is 0.105. The molecule has 0 aromatic heterocycles. The minimum absolute atomic E-state index is 0.0235. The number of ether oxygens (including phenoxy) is 2. The van der Waals surface area contributed by atoms with E-state index >= 15 is 0 Å². The molecule has 1 saturated heterocycles. The minimum Gasteiger partial charge on any atom is -0.478 e. The van der Waals surface area contributed by atoms with Crippen molar-refractivity contribution < 1.29 is 27.8 Å². The van der Waals surface area contributed by atoms with Gasteiger partial charge in [0.1, 0.15) is 5.82 Å². The van der Waals surface area contributed by atoms with Crippen LogP contribution in [0, 0.1) is 11.6 Å². The number of hydrogen-bond donors (Lipinski definition) is 1. The summed E-state index contributed by atoms with van der Waals surface area (Å²) in [6.07, 6.45) is 1.30. The highest BCUT2D eigenvalue weighted by Gasteiger charge is 2.30. The van der Waals surface area contributed by atoms with Crippen molar-refractivity contribution in [2.75, 3.05) is 11.5 Å². The quantitative estimate of drug-likeness (QED) is 0.590. The van der Waals surface area contributed by atoms with E-state index in [1.165, 1.54) is 35.2 Å². The van der Waals surface area contributed by atoms with Crippen LogP contribution in [0.3, 0.4) is 0 Å². The number of rotatable bonds is 3. The van der Waals surface area contributed by atoms with Crippen molar-refractivity contribution in [1.82, 2.24) is 5.32 Å². The van der Waals surface area contributed by atoms with Crippen molar-refractivity contribution >= 4 is 52.6 Å². The lowest BCUT2D eigenvalue weighted by Gasteiger charge is -2.30. The maximum absolute atomic E-state index is 14.6. The van der Waals surface area contributed by atoms with E-state index in [2.05, 4.69) is 5.32 Å². The molecule has 4 rings (SSSR count). The largest absolute Gasteiger partial charge is 0.478 e. The van der Waals surface area contributed by atoms with Crippen molar-refractivity contribution in [3.05, 3.63) is 63.9 Å². The highest BCUT2D eigenvalue weighted by atomic mass is 35.5. The Labute approximate surface area is 173 Å². The van der Waals surface area contributed by atoms with Crippen molar-refractivity contribution in [3.8, 4) is 5.75 Å². The summed E-state index contributed by atoms with van der Waals surface area (Å²) >= 11 is 10.6. The molecule has 0 unspecified atom stereocenters.